The second-order valence-corrected chi connectivity index (χ2v) is 6.96. The van der Waals surface area contributed by atoms with Crippen molar-refractivity contribution in [2.24, 2.45) is 0 Å². The summed E-state index contributed by atoms with van der Waals surface area (Å²) in [7, 11) is 0. The molecule has 0 aliphatic carbocycles. The Bertz CT molecular complexity index is 434. The number of halogens is 1. The molecule has 1 N–H and O–H groups in total. The molecule has 0 spiro atoms. The standard InChI is InChI=1S/C14H17FOS/c1-9-6-10(15)2-5-13(9)14(16)7-11-3-4-12(8-14)17-11/h2,5-6,11-12,16H,3-4,7-8H2,1H3. The van der Waals surface area contributed by atoms with Crippen molar-refractivity contribution in [1.29, 1.82) is 0 Å². The molecule has 1 nitrogen and oxygen atoms in total. The van der Waals surface area contributed by atoms with Crippen LogP contribution in [0, 0.1) is 12.7 Å². The Hall–Kier alpha value is -0.540. The number of rotatable bonds is 1. The van der Waals surface area contributed by atoms with E-state index in [4.69, 9.17) is 0 Å². The smallest absolute Gasteiger partial charge is 0.123 e. The van der Waals surface area contributed by atoms with Gasteiger partial charge in [0.2, 0.25) is 0 Å². The van der Waals surface area contributed by atoms with E-state index in [0.29, 0.717) is 10.5 Å². The maximum atomic E-state index is 13.1. The van der Waals surface area contributed by atoms with Crippen molar-refractivity contribution in [3.8, 4) is 0 Å². The molecule has 2 heterocycles. The zero-order valence-electron chi connectivity index (χ0n) is 9.95. The highest BCUT2D eigenvalue weighted by Crippen LogP contribution is 2.51. The lowest BCUT2D eigenvalue weighted by Crippen LogP contribution is -2.35. The molecule has 0 radical (unpaired) electrons. The van der Waals surface area contributed by atoms with Gasteiger partial charge in [-0.05, 0) is 55.9 Å². The third kappa shape index (κ3) is 2.00. The Morgan fingerprint density at radius 3 is 2.53 bits per heavy atom. The first-order chi connectivity index (χ1) is 8.07. The van der Waals surface area contributed by atoms with Crippen LogP contribution in [0.15, 0.2) is 18.2 Å². The van der Waals surface area contributed by atoms with Crippen LogP contribution >= 0.6 is 11.8 Å². The summed E-state index contributed by atoms with van der Waals surface area (Å²) >= 11 is 2.02. The molecule has 92 valence electrons. The van der Waals surface area contributed by atoms with Gasteiger partial charge in [0.25, 0.3) is 0 Å². The Kier molecular flexibility index (Phi) is 2.71. The number of hydrogen-bond donors (Lipinski definition) is 1. The monoisotopic (exact) mass is 252 g/mol. The lowest BCUT2D eigenvalue weighted by Gasteiger charge is -2.37. The van der Waals surface area contributed by atoms with Gasteiger partial charge in [0.1, 0.15) is 5.82 Å². The molecule has 17 heavy (non-hydrogen) atoms. The Balaban J connectivity index is 1.97. The zero-order valence-corrected chi connectivity index (χ0v) is 10.8. The van der Waals surface area contributed by atoms with E-state index >= 15 is 0 Å². The van der Waals surface area contributed by atoms with Crippen molar-refractivity contribution in [3.05, 3.63) is 35.1 Å². The molecule has 2 saturated heterocycles. The SMILES string of the molecule is Cc1cc(F)ccc1C1(O)CC2CCC(C1)S2. The van der Waals surface area contributed by atoms with Crippen LogP contribution in [0.5, 0.6) is 0 Å². The van der Waals surface area contributed by atoms with Gasteiger partial charge in [-0.15, -0.1) is 0 Å². The number of aliphatic hydroxyl groups is 1. The Morgan fingerprint density at radius 2 is 1.94 bits per heavy atom. The van der Waals surface area contributed by atoms with E-state index in [9.17, 15) is 9.50 Å². The highest BCUT2D eigenvalue weighted by atomic mass is 32.2. The maximum Gasteiger partial charge on any atom is 0.123 e. The highest BCUT2D eigenvalue weighted by molar-refractivity contribution is 8.00. The van der Waals surface area contributed by atoms with Gasteiger partial charge in [0.05, 0.1) is 5.60 Å². The second-order valence-electron chi connectivity index (χ2n) is 5.36. The molecule has 1 aromatic rings. The molecule has 2 fully saturated rings. The molecule has 2 aliphatic rings. The van der Waals surface area contributed by atoms with Crippen molar-refractivity contribution >= 4 is 11.8 Å². The van der Waals surface area contributed by atoms with E-state index in [1.807, 2.05) is 18.7 Å². The average molecular weight is 252 g/mol. The van der Waals surface area contributed by atoms with Gasteiger partial charge in [-0.25, -0.2) is 4.39 Å². The summed E-state index contributed by atoms with van der Waals surface area (Å²) in [6.45, 7) is 1.89. The quantitative estimate of drug-likeness (QED) is 0.827. The van der Waals surface area contributed by atoms with Crippen molar-refractivity contribution in [1.82, 2.24) is 0 Å². The topological polar surface area (TPSA) is 20.2 Å². The van der Waals surface area contributed by atoms with Gasteiger partial charge in [0, 0.05) is 10.5 Å². The Labute approximate surface area is 105 Å². The van der Waals surface area contributed by atoms with Crippen LogP contribution in [0.25, 0.3) is 0 Å². The first-order valence-electron chi connectivity index (χ1n) is 6.21. The van der Waals surface area contributed by atoms with Gasteiger partial charge in [-0.1, -0.05) is 6.07 Å². The summed E-state index contributed by atoms with van der Waals surface area (Å²) in [5, 5.41) is 12.0. The molecule has 2 aliphatic heterocycles. The van der Waals surface area contributed by atoms with E-state index in [-0.39, 0.29) is 5.82 Å². The van der Waals surface area contributed by atoms with Gasteiger partial charge in [-0.2, -0.15) is 11.8 Å². The van der Waals surface area contributed by atoms with Crippen LogP contribution in [-0.2, 0) is 5.60 Å². The molecule has 3 rings (SSSR count). The lowest BCUT2D eigenvalue weighted by atomic mass is 9.83. The van der Waals surface area contributed by atoms with E-state index in [1.54, 1.807) is 6.07 Å². The third-order valence-corrected chi connectivity index (χ3v) is 5.59. The molecule has 0 amide bonds. The molecule has 2 bridgehead atoms. The lowest BCUT2D eigenvalue weighted by molar-refractivity contribution is 0.0190. The number of hydrogen-bond acceptors (Lipinski definition) is 2. The normalized spacial score (nSPS) is 36.2. The van der Waals surface area contributed by atoms with Gasteiger partial charge >= 0.3 is 0 Å². The molecular weight excluding hydrogens is 235 g/mol. The van der Waals surface area contributed by atoms with Crippen molar-refractivity contribution in [3.63, 3.8) is 0 Å². The van der Waals surface area contributed by atoms with Crippen LogP contribution in [0.3, 0.4) is 0 Å². The van der Waals surface area contributed by atoms with Crippen LogP contribution < -0.4 is 0 Å². The van der Waals surface area contributed by atoms with Crippen LogP contribution in [0.1, 0.15) is 36.8 Å². The molecule has 2 atom stereocenters. The summed E-state index contributed by atoms with van der Waals surface area (Å²) < 4.78 is 13.1. The molecule has 1 aromatic carbocycles. The van der Waals surface area contributed by atoms with Crippen molar-refractivity contribution in [2.45, 2.75) is 48.7 Å². The van der Waals surface area contributed by atoms with Gasteiger partial charge in [0.15, 0.2) is 0 Å². The highest BCUT2D eigenvalue weighted by Gasteiger charge is 2.44. The number of fused-ring (bicyclic) bond motifs is 2. The summed E-state index contributed by atoms with van der Waals surface area (Å²) in [5.74, 6) is -0.219. The molecular formula is C14H17FOS. The fourth-order valence-corrected chi connectivity index (χ4v) is 5.12. The number of aryl methyl sites for hydroxylation is 1. The van der Waals surface area contributed by atoms with Crippen molar-refractivity contribution < 1.29 is 9.50 Å². The molecule has 0 saturated carbocycles. The fourth-order valence-electron chi connectivity index (χ4n) is 3.29. The van der Waals surface area contributed by atoms with Crippen molar-refractivity contribution in [2.75, 3.05) is 0 Å². The molecule has 2 unspecified atom stereocenters. The fraction of sp³-hybridized carbons (Fsp3) is 0.571. The van der Waals surface area contributed by atoms with Crippen LogP contribution in [0.2, 0.25) is 0 Å². The van der Waals surface area contributed by atoms with E-state index in [2.05, 4.69) is 0 Å². The largest absolute Gasteiger partial charge is 0.385 e. The maximum absolute atomic E-state index is 13.1. The average Bonchev–Trinajstić information content (AvgIpc) is 2.58. The van der Waals surface area contributed by atoms with Gasteiger partial charge < -0.3 is 5.11 Å². The summed E-state index contributed by atoms with van der Waals surface area (Å²) in [6, 6.07) is 4.75. The number of benzene rings is 1. The van der Waals surface area contributed by atoms with E-state index < -0.39 is 5.60 Å². The second kappa shape index (κ2) is 3.99. The van der Waals surface area contributed by atoms with E-state index in [0.717, 1.165) is 24.0 Å². The number of thioether (sulfide) groups is 1. The van der Waals surface area contributed by atoms with Crippen LogP contribution in [0.4, 0.5) is 4.39 Å². The van der Waals surface area contributed by atoms with E-state index in [1.165, 1.54) is 25.0 Å². The minimum Gasteiger partial charge on any atom is -0.385 e. The molecule has 0 aromatic heterocycles. The predicted molar refractivity (Wildman–Crippen MR) is 68.7 cm³/mol. The predicted octanol–water partition coefficient (Wildman–Crippen LogP) is 3.38. The summed E-state index contributed by atoms with van der Waals surface area (Å²) in [6.07, 6.45) is 4.08. The minimum absolute atomic E-state index is 0.219. The molecule has 3 heteroatoms. The van der Waals surface area contributed by atoms with Crippen LogP contribution in [-0.4, -0.2) is 15.6 Å². The summed E-state index contributed by atoms with van der Waals surface area (Å²) in [5.41, 5.74) is 1.07. The first-order valence-corrected chi connectivity index (χ1v) is 7.15. The minimum atomic E-state index is -0.727. The first kappa shape index (κ1) is 11.5. The van der Waals surface area contributed by atoms with Gasteiger partial charge in [-0.3, -0.25) is 0 Å². The Morgan fingerprint density at radius 1 is 1.29 bits per heavy atom. The third-order valence-electron chi connectivity index (χ3n) is 4.02. The summed E-state index contributed by atoms with van der Waals surface area (Å²) in [4.78, 5) is 0. The zero-order chi connectivity index (χ0) is 12.0.